The number of hydrogen-bond acceptors (Lipinski definition) is 3. The van der Waals surface area contributed by atoms with Crippen molar-refractivity contribution in [3.05, 3.63) is 71.7 Å². The molecular weight excluding hydrogens is 286 g/mol. The Balaban J connectivity index is 1.82. The number of hydrogen-bond donors (Lipinski definition) is 1. The maximum atomic E-state index is 12.5. The van der Waals surface area contributed by atoms with Crippen LogP contribution in [0.1, 0.15) is 41.0 Å². The molecule has 1 atom stereocenters. The van der Waals surface area contributed by atoms with Crippen molar-refractivity contribution in [1.29, 1.82) is 0 Å². The molecule has 0 saturated heterocycles. The van der Waals surface area contributed by atoms with Gasteiger partial charge in [0.2, 0.25) is 0 Å². The highest BCUT2D eigenvalue weighted by atomic mass is 16.1. The summed E-state index contributed by atoms with van der Waals surface area (Å²) in [5.41, 5.74) is 3.51. The van der Waals surface area contributed by atoms with Crippen molar-refractivity contribution in [3.8, 4) is 0 Å². The van der Waals surface area contributed by atoms with E-state index in [4.69, 9.17) is 0 Å². The lowest BCUT2D eigenvalue weighted by Gasteiger charge is -2.17. The van der Waals surface area contributed by atoms with E-state index in [0.717, 1.165) is 28.6 Å². The molecule has 0 unspecified atom stereocenters. The van der Waals surface area contributed by atoms with Gasteiger partial charge in [-0.05, 0) is 49.2 Å². The summed E-state index contributed by atoms with van der Waals surface area (Å²) in [6, 6.07) is 13.3. The number of rotatable bonds is 4. The van der Waals surface area contributed by atoms with Gasteiger partial charge in [-0.2, -0.15) is 0 Å². The van der Waals surface area contributed by atoms with Crippen LogP contribution >= 0.6 is 0 Å². The highest BCUT2D eigenvalue weighted by molar-refractivity contribution is 5.98. The van der Waals surface area contributed by atoms with Crippen LogP contribution in [-0.2, 0) is 0 Å². The number of nitrogens with zero attached hydrogens (tertiary/aromatic N) is 2. The predicted octanol–water partition coefficient (Wildman–Crippen LogP) is 3.82. The van der Waals surface area contributed by atoms with Crippen molar-refractivity contribution in [2.24, 2.45) is 0 Å². The first-order valence-corrected chi connectivity index (χ1v) is 7.75. The molecule has 0 spiro atoms. The van der Waals surface area contributed by atoms with Crippen LogP contribution in [0.4, 0.5) is 0 Å². The van der Waals surface area contributed by atoms with Crippen molar-refractivity contribution in [2.75, 3.05) is 0 Å². The van der Waals surface area contributed by atoms with E-state index in [1.807, 2.05) is 56.4 Å². The summed E-state index contributed by atoms with van der Waals surface area (Å²) in [4.78, 5) is 21.2. The Morgan fingerprint density at radius 3 is 2.78 bits per heavy atom. The molecule has 1 N–H and O–H groups in total. The number of aryl methyl sites for hydroxylation is 1. The van der Waals surface area contributed by atoms with Gasteiger partial charge in [0.25, 0.3) is 5.91 Å². The van der Waals surface area contributed by atoms with Gasteiger partial charge in [-0.15, -0.1) is 0 Å². The van der Waals surface area contributed by atoms with Crippen molar-refractivity contribution in [3.63, 3.8) is 0 Å². The largest absolute Gasteiger partial charge is 0.344 e. The van der Waals surface area contributed by atoms with Gasteiger partial charge >= 0.3 is 0 Å². The highest BCUT2D eigenvalue weighted by Crippen LogP contribution is 2.17. The average molecular weight is 305 g/mol. The molecule has 0 fully saturated rings. The number of carbonyl (C=O) groups excluding carboxylic acids is 1. The van der Waals surface area contributed by atoms with Gasteiger partial charge < -0.3 is 5.32 Å². The first kappa shape index (κ1) is 15.2. The van der Waals surface area contributed by atoms with Gasteiger partial charge in [0.15, 0.2) is 0 Å². The third kappa shape index (κ3) is 3.37. The van der Waals surface area contributed by atoms with Crippen molar-refractivity contribution < 1.29 is 4.79 Å². The van der Waals surface area contributed by atoms with Crippen LogP contribution in [0, 0.1) is 6.92 Å². The second-order valence-electron chi connectivity index (χ2n) is 5.61. The molecular formula is C19H19N3O. The number of amides is 1. The molecule has 2 aromatic heterocycles. The quantitative estimate of drug-likeness (QED) is 0.797. The number of benzene rings is 1. The number of pyridine rings is 2. The summed E-state index contributed by atoms with van der Waals surface area (Å²) >= 11 is 0. The lowest BCUT2D eigenvalue weighted by molar-refractivity contribution is 0.0935. The maximum Gasteiger partial charge on any atom is 0.251 e. The summed E-state index contributed by atoms with van der Waals surface area (Å²) < 4.78 is 0. The van der Waals surface area contributed by atoms with E-state index in [2.05, 4.69) is 15.3 Å². The minimum Gasteiger partial charge on any atom is -0.344 e. The van der Waals surface area contributed by atoms with Gasteiger partial charge in [0.05, 0.1) is 17.3 Å². The van der Waals surface area contributed by atoms with Crippen LogP contribution < -0.4 is 5.32 Å². The molecule has 0 bridgehead atoms. The van der Waals surface area contributed by atoms with E-state index in [1.165, 1.54) is 0 Å². The van der Waals surface area contributed by atoms with Crippen molar-refractivity contribution in [2.45, 2.75) is 26.3 Å². The van der Waals surface area contributed by atoms with Crippen LogP contribution in [0.15, 0.2) is 54.9 Å². The molecule has 2 heterocycles. The molecule has 3 rings (SSSR count). The van der Waals surface area contributed by atoms with E-state index in [-0.39, 0.29) is 11.9 Å². The van der Waals surface area contributed by atoms with Crippen LogP contribution in [-0.4, -0.2) is 15.9 Å². The van der Waals surface area contributed by atoms with Gasteiger partial charge in [0.1, 0.15) is 0 Å². The van der Waals surface area contributed by atoms with Crippen LogP contribution in [0.5, 0.6) is 0 Å². The predicted molar refractivity (Wildman–Crippen MR) is 91.2 cm³/mol. The van der Waals surface area contributed by atoms with Gasteiger partial charge in [-0.25, -0.2) is 0 Å². The van der Waals surface area contributed by atoms with E-state index >= 15 is 0 Å². The molecule has 0 saturated carbocycles. The monoisotopic (exact) mass is 305 g/mol. The Labute approximate surface area is 135 Å². The molecule has 3 aromatic rings. The molecule has 23 heavy (non-hydrogen) atoms. The normalized spacial score (nSPS) is 12.1. The minimum absolute atomic E-state index is 0.0901. The highest BCUT2D eigenvalue weighted by Gasteiger charge is 2.15. The Hall–Kier alpha value is -2.75. The molecule has 0 aliphatic carbocycles. The zero-order chi connectivity index (χ0) is 16.2. The second-order valence-corrected chi connectivity index (χ2v) is 5.61. The summed E-state index contributed by atoms with van der Waals surface area (Å²) in [7, 11) is 0. The molecule has 4 heteroatoms. The topological polar surface area (TPSA) is 54.9 Å². The van der Waals surface area contributed by atoms with Crippen molar-refractivity contribution in [1.82, 2.24) is 15.3 Å². The summed E-state index contributed by atoms with van der Waals surface area (Å²) in [5.74, 6) is -0.0926. The Morgan fingerprint density at radius 1 is 1.17 bits per heavy atom. The third-order valence-electron chi connectivity index (χ3n) is 3.87. The van der Waals surface area contributed by atoms with E-state index < -0.39 is 0 Å². The summed E-state index contributed by atoms with van der Waals surface area (Å²) in [6.45, 7) is 4.04. The maximum absolute atomic E-state index is 12.5. The minimum atomic E-state index is -0.0926. The number of carbonyl (C=O) groups is 1. The first-order chi connectivity index (χ1) is 11.2. The summed E-state index contributed by atoms with van der Waals surface area (Å²) in [6.07, 6.45) is 4.36. The van der Waals surface area contributed by atoms with Crippen molar-refractivity contribution >= 4 is 16.8 Å². The van der Waals surface area contributed by atoms with Gasteiger partial charge in [0, 0.05) is 23.3 Å². The van der Waals surface area contributed by atoms with E-state index in [1.54, 1.807) is 12.3 Å². The molecule has 1 amide bonds. The van der Waals surface area contributed by atoms with Crippen LogP contribution in [0.2, 0.25) is 0 Å². The molecule has 4 nitrogen and oxygen atoms in total. The second kappa shape index (κ2) is 6.57. The lowest BCUT2D eigenvalue weighted by atomic mass is 10.1. The molecule has 116 valence electrons. The summed E-state index contributed by atoms with van der Waals surface area (Å²) in [5, 5.41) is 4.02. The molecule has 0 radical (unpaired) electrons. The first-order valence-electron chi connectivity index (χ1n) is 7.75. The standard InChI is InChI=1S/C19H19N3O/c1-3-16(18-8-6-13(2)12-21-18)22-19(23)15-7-9-17-14(11-15)5-4-10-20-17/h4-12,16H,3H2,1-2H3,(H,22,23)/t16-/m1/s1. The number of aromatic nitrogens is 2. The average Bonchev–Trinajstić information content (AvgIpc) is 2.60. The smallest absolute Gasteiger partial charge is 0.251 e. The van der Waals surface area contributed by atoms with Crippen LogP contribution in [0.25, 0.3) is 10.9 Å². The van der Waals surface area contributed by atoms with Crippen LogP contribution in [0.3, 0.4) is 0 Å². The zero-order valence-electron chi connectivity index (χ0n) is 13.3. The van der Waals surface area contributed by atoms with Gasteiger partial charge in [-0.3, -0.25) is 14.8 Å². The Kier molecular flexibility index (Phi) is 4.33. The fourth-order valence-electron chi connectivity index (χ4n) is 2.53. The fraction of sp³-hybridized carbons (Fsp3) is 0.211. The number of fused-ring (bicyclic) bond motifs is 1. The molecule has 0 aliphatic heterocycles. The Bertz CT molecular complexity index is 827. The lowest BCUT2D eigenvalue weighted by Crippen LogP contribution is -2.28. The number of nitrogens with one attached hydrogen (secondary N) is 1. The van der Waals surface area contributed by atoms with E-state index in [9.17, 15) is 4.79 Å². The molecule has 0 aliphatic rings. The van der Waals surface area contributed by atoms with Gasteiger partial charge in [-0.1, -0.05) is 19.1 Å². The third-order valence-corrected chi connectivity index (χ3v) is 3.87. The Morgan fingerprint density at radius 2 is 2.04 bits per heavy atom. The SMILES string of the molecule is CC[C@@H](NC(=O)c1ccc2ncccc2c1)c1ccc(C)cn1. The molecule has 1 aromatic carbocycles. The fourth-order valence-corrected chi connectivity index (χ4v) is 2.53. The van der Waals surface area contributed by atoms with E-state index in [0.29, 0.717) is 5.56 Å². The zero-order valence-corrected chi connectivity index (χ0v) is 13.3.